The monoisotopic (exact) mass is 493 g/mol. The summed E-state index contributed by atoms with van der Waals surface area (Å²) in [6.07, 6.45) is -0.615. The molecule has 0 aliphatic carbocycles. The maximum absolute atomic E-state index is 14.1. The van der Waals surface area contributed by atoms with E-state index in [2.05, 4.69) is 0 Å². The highest BCUT2D eigenvalue weighted by atomic mass is 35.5. The number of benzene rings is 2. The average Bonchev–Trinajstić information content (AvgIpc) is 2.77. The van der Waals surface area contributed by atoms with Crippen LogP contribution in [0.2, 0.25) is 10.0 Å². The molecule has 3 rings (SSSR count). The van der Waals surface area contributed by atoms with Gasteiger partial charge in [0.05, 0.1) is 30.9 Å². The Morgan fingerprint density at radius 1 is 1.09 bits per heavy atom. The number of amides is 1. The fourth-order valence-corrected chi connectivity index (χ4v) is 5.61. The third-order valence-electron chi connectivity index (χ3n) is 6.82. The van der Waals surface area contributed by atoms with Crippen LogP contribution in [0.15, 0.2) is 48.5 Å². The smallest absolute Gasteiger partial charge is 0.229 e. The highest BCUT2D eigenvalue weighted by molar-refractivity contribution is 6.30. The Morgan fingerprint density at radius 3 is 2.30 bits per heavy atom. The number of carbonyl (C=O) groups excluding carboxylic acids is 1. The predicted molar refractivity (Wildman–Crippen MR) is 131 cm³/mol. The van der Waals surface area contributed by atoms with Gasteiger partial charge in [-0.3, -0.25) is 4.79 Å². The van der Waals surface area contributed by atoms with Crippen molar-refractivity contribution in [2.45, 2.75) is 70.2 Å². The Labute approximate surface area is 206 Å². The number of halogens is 2. The molecule has 1 amide bonds. The van der Waals surface area contributed by atoms with Crippen LogP contribution in [0.4, 0.5) is 0 Å². The van der Waals surface area contributed by atoms with Crippen molar-refractivity contribution < 1.29 is 20.1 Å². The van der Waals surface area contributed by atoms with E-state index in [0.29, 0.717) is 22.9 Å². The molecule has 33 heavy (non-hydrogen) atoms. The molecule has 0 radical (unpaired) electrons. The molecule has 0 aromatic heterocycles. The van der Waals surface area contributed by atoms with E-state index >= 15 is 0 Å². The van der Waals surface area contributed by atoms with Gasteiger partial charge in [-0.15, -0.1) is 0 Å². The molecule has 0 bridgehead atoms. The SMILES string of the molecule is CC[C@@H]([C@H](C)O)N1C(=O)[C@@](C)(CC(O)CO)C[C@H](c2cccc(Cl)c2)[C@H]1c1ccc(Cl)cc1. The molecule has 3 N–H and O–H groups in total. The third-order valence-corrected chi connectivity index (χ3v) is 7.31. The minimum absolute atomic E-state index is 0.124. The van der Waals surface area contributed by atoms with Gasteiger partial charge in [0.15, 0.2) is 0 Å². The zero-order valence-corrected chi connectivity index (χ0v) is 20.8. The molecule has 2 aromatic carbocycles. The Balaban J connectivity index is 2.23. The number of hydrogen-bond acceptors (Lipinski definition) is 4. The normalized spacial score (nSPS) is 26.2. The lowest BCUT2D eigenvalue weighted by molar-refractivity contribution is -0.161. The second-order valence-electron chi connectivity index (χ2n) is 9.39. The van der Waals surface area contributed by atoms with E-state index in [1.165, 1.54) is 0 Å². The van der Waals surface area contributed by atoms with Gasteiger partial charge in [0.25, 0.3) is 0 Å². The number of nitrogens with zero attached hydrogens (tertiary/aromatic N) is 1. The molecule has 0 saturated carbocycles. The van der Waals surface area contributed by atoms with E-state index in [9.17, 15) is 20.1 Å². The van der Waals surface area contributed by atoms with Crippen LogP contribution in [-0.2, 0) is 4.79 Å². The van der Waals surface area contributed by atoms with Crippen LogP contribution in [0.1, 0.15) is 63.1 Å². The molecule has 7 heteroatoms. The maximum atomic E-state index is 14.1. The maximum Gasteiger partial charge on any atom is 0.229 e. The molecular formula is C26H33Cl2NO4. The van der Waals surface area contributed by atoms with Crippen LogP contribution in [0, 0.1) is 5.41 Å². The minimum Gasteiger partial charge on any atom is -0.394 e. The van der Waals surface area contributed by atoms with E-state index in [1.54, 1.807) is 24.0 Å². The highest BCUT2D eigenvalue weighted by Crippen LogP contribution is 2.52. The van der Waals surface area contributed by atoms with Crippen LogP contribution >= 0.6 is 23.2 Å². The van der Waals surface area contributed by atoms with Gasteiger partial charge >= 0.3 is 0 Å². The summed E-state index contributed by atoms with van der Waals surface area (Å²) in [4.78, 5) is 15.9. The lowest BCUT2D eigenvalue weighted by Gasteiger charge is -2.53. The minimum atomic E-state index is -1.01. The molecular weight excluding hydrogens is 461 g/mol. The number of rotatable bonds is 8. The van der Waals surface area contributed by atoms with Gasteiger partial charge in [0.1, 0.15) is 0 Å². The summed E-state index contributed by atoms with van der Waals surface area (Å²) in [6, 6.07) is 14.3. The molecule has 1 heterocycles. The van der Waals surface area contributed by atoms with Gasteiger partial charge in [-0.1, -0.05) is 61.3 Å². The standard InChI is InChI=1S/C26H33Cl2NO4/c1-4-23(16(2)31)29-24(17-8-10-19(27)11-9-17)22(18-6-5-7-20(28)12-18)14-26(3,25(29)33)13-21(32)15-30/h5-12,16,21-24,30-32H,4,13-15H2,1-3H3/t16-,21?,22+,23-,24+,26-/m0/s1. The van der Waals surface area contributed by atoms with Crippen molar-refractivity contribution in [2.24, 2.45) is 5.41 Å². The molecule has 2 aromatic rings. The lowest BCUT2D eigenvalue weighted by Crippen LogP contribution is -2.58. The Bertz CT molecular complexity index is 952. The molecule has 1 aliphatic rings. The zero-order valence-electron chi connectivity index (χ0n) is 19.3. The summed E-state index contributed by atoms with van der Waals surface area (Å²) in [5.74, 6) is -0.285. The molecule has 6 atom stereocenters. The Kier molecular flexibility index (Phi) is 8.46. The van der Waals surface area contributed by atoms with Crippen molar-refractivity contribution >= 4 is 29.1 Å². The molecule has 1 saturated heterocycles. The fourth-order valence-electron chi connectivity index (χ4n) is 5.29. The number of piperidine rings is 1. The third kappa shape index (κ3) is 5.55. The summed E-state index contributed by atoms with van der Waals surface area (Å²) in [7, 11) is 0. The topological polar surface area (TPSA) is 81.0 Å². The van der Waals surface area contributed by atoms with E-state index in [1.807, 2.05) is 50.2 Å². The van der Waals surface area contributed by atoms with Crippen LogP contribution in [-0.4, -0.2) is 51.0 Å². The van der Waals surface area contributed by atoms with Gasteiger partial charge in [0, 0.05) is 21.4 Å². The predicted octanol–water partition coefficient (Wildman–Crippen LogP) is 4.96. The van der Waals surface area contributed by atoms with E-state index in [4.69, 9.17) is 23.2 Å². The van der Waals surface area contributed by atoms with Crippen LogP contribution in [0.5, 0.6) is 0 Å². The first kappa shape index (κ1) is 26.0. The molecule has 180 valence electrons. The number of hydrogen-bond donors (Lipinski definition) is 3. The van der Waals surface area contributed by atoms with E-state index in [0.717, 1.165) is 11.1 Å². The van der Waals surface area contributed by atoms with Crippen molar-refractivity contribution in [1.29, 1.82) is 0 Å². The van der Waals surface area contributed by atoms with Crippen molar-refractivity contribution in [2.75, 3.05) is 6.61 Å². The summed E-state index contributed by atoms with van der Waals surface area (Å²) < 4.78 is 0. The second kappa shape index (κ2) is 10.7. The molecule has 1 unspecified atom stereocenters. The first-order valence-electron chi connectivity index (χ1n) is 11.4. The summed E-state index contributed by atoms with van der Waals surface area (Å²) in [5.41, 5.74) is 0.965. The number of likely N-dealkylation sites (tertiary alicyclic amines) is 1. The van der Waals surface area contributed by atoms with Gasteiger partial charge < -0.3 is 20.2 Å². The average molecular weight is 494 g/mol. The number of aliphatic hydroxyl groups excluding tert-OH is 3. The van der Waals surface area contributed by atoms with Gasteiger partial charge in [0.2, 0.25) is 5.91 Å². The lowest BCUT2D eigenvalue weighted by atomic mass is 9.66. The van der Waals surface area contributed by atoms with E-state index in [-0.39, 0.29) is 24.3 Å². The Hall–Kier alpha value is -1.63. The highest BCUT2D eigenvalue weighted by Gasteiger charge is 2.52. The molecule has 5 nitrogen and oxygen atoms in total. The van der Waals surface area contributed by atoms with Crippen LogP contribution in [0.3, 0.4) is 0 Å². The first-order chi connectivity index (χ1) is 15.6. The number of aliphatic hydroxyl groups is 3. The summed E-state index contributed by atoms with van der Waals surface area (Å²) in [5, 5.41) is 31.7. The summed E-state index contributed by atoms with van der Waals surface area (Å²) >= 11 is 12.5. The summed E-state index contributed by atoms with van der Waals surface area (Å²) in [6.45, 7) is 5.07. The quantitative estimate of drug-likeness (QED) is 0.485. The zero-order chi connectivity index (χ0) is 24.3. The van der Waals surface area contributed by atoms with Gasteiger partial charge in [-0.2, -0.15) is 0 Å². The molecule has 1 fully saturated rings. The van der Waals surface area contributed by atoms with Gasteiger partial charge in [-0.05, 0) is 61.6 Å². The molecule has 0 spiro atoms. The number of carbonyl (C=O) groups is 1. The fraction of sp³-hybridized carbons (Fsp3) is 0.500. The van der Waals surface area contributed by atoms with Crippen LogP contribution in [0.25, 0.3) is 0 Å². The van der Waals surface area contributed by atoms with Crippen molar-refractivity contribution in [3.05, 3.63) is 69.7 Å². The largest absolute Gasteiger partial charge is 0.394 e. The Morgan fingerprint density at radius 2 is 1.76 bits per heavy atom. The first-order valence-corrected chi connectivity index (χ1v) is 12.2. The van der Waals surface area contributed by atoms with E-state index < -0.39 is 30.3 Å². The van der Waals surface area contributed by atoms with Crippen LogP contribution < -0.4 is 0 Å². The second-order valence-corrected chi connectivity index (χ2v) is 10.3. The van der Waals surface area contributed by atoms with Crippen molar-refractivity contribution in [1.82, 2.24) is 4.90 Å². The van der Waals surface area contributed by atoms with Gasteiger partial charge in [-0.25, -0.2) is 0 Å². The molecule has 1 aliphatic heterocycles. The van der Waals surface area contributed by atoms with Crippen molar-refractivity contribution in [3.63, 3.8) is 0 Å². The van der Waals surface area contributed by atoms with Crippen molar-refractivity contribution in [3.8, 4) is 0 Å².